The van der Waals surface area contributed by atoms with Crippen LogP contribution in [0.2, 0.25) is 0 Å². The van der Waals surface area contributed by atoms with E-state index in [1.165, 1.54) is 5.54 Å². The third-order valence-corrected chi connectivity index (χ3v) is 2.84. The van der Waals surface area contributed by atoms with Gasteiger partial charge >= 0.3 is 0 Å². The summed E-state index contributed by atoms with van der Waals surface area (Å²) in [5.41, 5.74) is 2.26. The number of carbonyl (C=O) groups is 1. The summed E-state index contributed by atoms with van der Waals surface area (Å²) in [7, 11) is 0. The zero-order valence-corrected chi connectivity index (χ0v) is 9.44. The number of hydrogen-bond donors (Lipinski definition) is 0. The van der Waals surface area contributed by atoms with Gasteiger partial charge < -0.3 is 0 Å². The molecule has 0 aromatic heterocycles. The topological polar surface area (TPSA) is 17.1 Å². The molecule has 1 aromatic carbocycles. The lowest BCUT2D eigenvalue weighted by molar-refractivity contribution is 0.101. The highest BCUT2D eigenvalue weighted by Gasteiger charge is 1.98. The maximum atomic E-state index is 11.0. The van der Waals surface area contributed by atoms with E-state index in [9.17, 15) is 4.79 Å². The van der Waals surface area contributed by atoms with E-state index in [1.54, 1.807) is 18.7 Å². The van der Waals surface area contributed by atoms with E-state index < -0.39 is 0 Å². The van der Waals surface area contributed by atoms with Gasteiger partial charge in [0.15, 0.2) is 5.78 Å². The Morgan fingerprint density at radius 2 is 2.07 bits per heavy atom. The molecule has 14 heavy (non-hydrogen) atoms. The molecule has 0 aliphatic rings. The average Bonchev–Trinajstić information content (AvgIpc) is 2.19. The van der Waals surface area contributed by atoms with Gasteiger partial charge in [-0.15, -0.1) is 11.8 Å². The highest BCUT2D eigenvalue weighted by atomic mass is 35.5. The average molecular weight is 227 g/mol. The molecule has 0 aliphatic heterocycles. The molecule has 1 aromatic rings. The maximum absolute atomic E-state index is 11.0. The minimum atomic E-state index is 0.0993. The van der Waals surface area contributed by atoms with Crippen LogP contribution >= 0.6 is 23.4 Å². The fourth-order valence-corrected chi connectivity index (χ4v) is 1.87. The van der Waals surface area contributed by atoms with Crippen molar-refractivity contribution in [1.29, 1.82) is 0 Å². The maximum Gasteiger partial charge on any atom is 0.159 e. The van der Waals surface area contributed by atoms with Crippen molar-refractivity contribution in [2.75, 3.05) is 5.75 Å². The van der Waals surface area contributed by atoms with Crippen LogP contribution in [-0.4, -0.2) is 11.5 Å². The second kappa shape index (κ2) is 5.89. The van der Waals surface area contributed by atoms with Gasteiger partial charge in [-0.05, 0) is 19.1 Å². The van der Waals surface area contributed by atoms with Crippen LogP contribution in [0.25, 0.3) is 0 Å². The van der Waals surface area contributed by atoms with Crippen LogP contribution in [0.1, 0.15) is 17.3 Å². The van der Waals surface area contributed by atoms with Crippen LogP contribution in [0, 0.1) is 0 Å². The van der Waals surface area contributed by atoms with E-state index in [-0.39, 0.29) is 5.78 Å². The Hall–Kier alpha value is -0.730. The Bertz CT molecular complexity index is 330. The van der Waals surface area contributed by atoms with Crippen molar-refractivity contribution in [3.8, 4) is 0 Å². The van der Waals surface area contributed by atoms with Gasteiger partial charge in [-0.3, -0.25) is 4.79 Å². The van der Waals surface area contributed by atoms with Gasteiger partial charge in [-0.1, -0.05) is 29.8 Å². The zero-order chi connectivity index (χ0) is 10.4. The van der Waals surface area contributed by atoms with Gasteiger partial charge in [0.1, 0.15) is 0 Å². The van der Waals surface area contributed by atoms with Crippen molar-refractivity contribution < 1.29 is 4.79 Å². The fourth-order valence-electron chi connectivity index (χ4n) is 0.967. The number of carbonyl (C=O) groups excluding carboxylic acids is 1. The lowest BCUT2D eigenvalue weighted by atomic mass is 10.2. The molecule has 0 amide bonds. The number of halogens is 1. The van der Waals surface area contributed by atoms with Gasteiger partial charge in [0.25, 0.3) is 0 Å². The van der Waals surface area contributed by atoms with E-state index in [2.05, 4.69) is 0 Å². The molecular weight excluding hydrogens is 216 g/mol. The van der Waals surface area contributed by atoms with Gasteiger partial charge in [0.2, 0.25) is 0 Å². The molecule has 0 saturated heterocycles. The second-order valence-corrected chi connectivity index (χ2v) is 4.10. The Labute approximate surface area is 93.2 Å². The van der Waals surface area contributed by atoms with Crippen molar-refractivity contribution >= 4 is 29.1 Å². The predicted octanol–water partition coefficient (Wildman–Crippen LogP) is 3.73. The minimum absolute atomic E-state index is 0.0993. The second-order valence-electron chi connectivity index (χ2n) is 2.75. The number of Topliss-reactive ketones (excluding diaryl/α,β-unsaturated/α-hetero) is 1. The standard InChI is InChI=1S/C11H11ClOS/c1-9(13)10-3-5-11(6-4-10)14-8-2-7-12/h2-7H,8H2,1H3. The highest BCUT2D eigenvalue weighted by molar-refractivity contribution is 7.99. The molecule has 1 rings (SSSR count). The lowest BCUT2D eigenvalue weighted by Gasteiger charge is -1.99. The number of benzene rings is 1. The van der Waals surface area contributed by atoms with Crippen molar-refractivity contribution in [1.82, 2.24) is 0 Å². The number of ketones is 1. The smallest absolute Gasteiger partial charge is 0.159 e. The van der Waals surface area contributed by atoms with Crippen LogP contribution in [0.4, 0.5) is 0 Å². The van der Waals surface area contributed by atoms with Gasteiger partial charge in [-0.25, -0.2) is 0 Å². The van der Waals surface area contributed by atoms with Gasteiger partial charge in [-0.2, -0.15) is 0 Å². The summed E-state index contributed by atoms with van der Waals surface area (Å²) in [5, 5.41) is 0. The number of thioether (sulfide) groups is 1. The Morgan fingerprint density at radius 3 is 2.57 bits per heavy atom. The van der Waals surface area contributed by atoms with Crippen LogP contribution in [0.5, 0.6) is 0 Å². The van der Waals surface area contributed by atoms with Gasteiger partial charge in [0.05, 0.1) is 0 Å². The molecule has 0 spiro atoms. The summed E-state index contributed by atoms with van der Waals surface area (Å²) in [4.78, 5) is 12.1. The predicted molar refractivity (Wildman–Crippen MR) is 62.2 cm³/mol. The van der Waals surface area contributed by atoms with E-state index in [4.69, 9.17) is 11.6 Å². The van der Waals surface area contributed by atoms with Crippen LogP contribution in [0.3, 0.4) is 0 Å². The summed E-state index contributed by atoms with van der Waals surface area (Å²) in [6.07, 6.45) is 1.88. The molecule has 0 N–H and O–H groups in total. The monoisotopic (exact) mass is 226 g/mol. The summed E-state index contributed by atoms with van der Waals surface area (Å²) in [5.74, 6) is 0.949. The van der Waals surface area contributed by atoms with Crippen molar-refractivity contribution in [2.24, 2.45) is 0 Å². The molecule has 0 atom stereocenters. The fraction of sp³-hybridized carbons (Fsp3) is 0.182. The quantitative estimate of drug-likeness (QED) is 0.575. The van der Waals surface area contributed by atoms with Crippen LogP contribution in [0.15, 0.2) is 40.8 Å². The Kier molecular flexibility index (Phi) is 4.77. The molecule has 0 aliphatic carbocycles. The summed E-state index contributed by atoms with van der Waals surface area (Å²) in [6.45, 7) is 1.57. The molecule has 1 nitrogen and oxygen atoms in total. The van der Waals surface area contributed by atoms with Crippen molar-refractivity contribution in [3.63, 3.8) is 0 Å². The molecule has 0 bridgehead atoms. The first-order valence-electron chi connectivity index (χ1n) is 4.23. The van der Waals surface area contributed by atoms with E-state index >= 15 is 0 Å². The van der Waals surface area contributed by atoms with Crippen LogP contribution in [-0.2, 0) is 0 Å². The number of rotatable bonds is 4. The molecule has 0 unspecified atom stereocenters. The van der Waals surface area contributed by atoms with Crippen molar-refractivity contribution in [2.45, 2.75) is 11.8 Å². The largest absolute Gasteiger partial charge is 0.295 e. The summed E-state index contributed by atoms with van der Waals surface area (Å²) < 4.78 is 0. The molecule has 0 fully saturated rings. The SMILES string of the molecule is CC(=O)c1ccc(SCC=CCl)cc1. The summed E-state index contributed by atoms with van der Waals surface area (Å²) in [6, 6.07) is 7.58. The van der Waals surface area contributed by atoms with Crippen molar-refractivity contribution in [3.05, 3.63) is 41.4 Å². The molecule has 0 saturated carbocycles. The van der Waals surface area contributed by atoms with E-state index in [1.807, 2.05) is 30.3 Å². The molecule has 0 heterocycles. The Morgan fingerprint density at radius 1 is 1.43 bits per heavy atom. The first-order chi connectivity index (χ1) is 6.74. The molecule has 3 heteroatoms. The van der Waals surface area contributed by atoms with E-state index in [0.717, 1.165) is 16.2 Å². The Balaban J connectivity index is 2.59. The van der Waals surface area contributed by atoms with Crippen LogP contribution < -0.4 is 0 Å². The zero-order valence-electron chi connectivity index (χ0n) is 7.87. The summed E-state index contributed by atoms with van der Waals surface area (Å²) >= 11 is 7.08. The molecule has 0 radical (unpaired) electrons. The molecule has 74 valence electrons. The molecular formula is C11H11ClOS. The van der Waals surface area contributed by atoms with Gasteiger partial charge in [0, 0.05) is 21.7 Å². The highest BCUT2D eigenvalue weighted by Crippen LogP contribution is 2.18. The first-order valence-corrected chi connectivity index (χ1v) is 5.65. The first kappa shape index (κ1) is 11.3. The third kappa shape index (κ3) is 3.56. The van der Waals surface area contributed by atoms with E-state index in [0.29, 0.717) is 0 Å². The number of hydrogen-bond acceptors (Lipinski definition) is 2. The third-order valence-electron chi connectivity index (χ3n) is 1.70. The minimum Gasteiger partial charge on any atom is -0.295 e. The lowest BCUT2D eigenvalue weighted by Crippen LogP contribution is -1.90. The normalized spacial score (nSPS) is 10.7.